The van der Waals surface area contributed by atoms with Crippen molar-refractivity contribution < 1.29 is 9.31 Å². The first kappa shape index (κ1) is 11.6. The molecule has 1 aromatic heterocycles. The Hall–Kier alpha value is -1.89. The molecule has 2 heterocycles. The van der Waals surface area contributed by atoms with E-state index in [1.54, 1.807) is 22.6 Å². The first-order valence-corrected chi connectivity index (χ1v) is 5.59. The average molecular weight is 253 g/mol. The second-order valence-corrected chi connectivity index (χ2v) is 4.20. The lowest BCUT2D eigenvalue weighted by Gasteiger charge is -2.15. The smallest absolute Gasteiger partial charge is 0.264 e. The van der Waals surface area contributed by atoms with Crippen LogP contribution in [0.15, 0.2) is 41.2 Å². The van der Waals surface area contributed by atoms with E-state index in [4.69, 9.17) is 0 Å². The molecule has 1 aliphatic heterocycles. The highest BCUT2D eigenvalue weighted by atomic mass is 32.2. The Balaban J connectivity index is 2.10. The first-order chi connectivity index (χ1) is 8.15. The van der Waals surface area contributed by atoms with Gasteiger partial charge in [-0.15, -0.1) is 0 Å². The number of pyridine rings is 1. The van der Waals surface area contributed by atoms with Gasteiger partial charge in [0, 0.05) is 18.9 Å². The lowest BCUT2D eigenvalue weighted by Crippen LogP contribution is -2.12. The zero-order valence-electron chi connectivity index (χ0n) is 8.62. The van der Waals surface area contributed by atoms with Crippen LogP contribution in [0.1, 0.15) is 5.56 Å². The fraction of sp³-hybridized carbons (Fsp3) is 0.100. The van der Waals surface area contributed by atoms with Crippen LogP contribution in [0, 0.1) is 16.1 Å². The molecule has 17 heavy (non-hydrogen) atoms. The Morgan fingerprint density at radius 3 is 3.06 bits per heavy atom. The van der Waals surface area contributed by atoms with Crippen molar-refractivity contribution in [3.05, 3.63) is 62.8 Å². The van der Waals surface area contributed by atoms with Gasteiger partial charge in [-0.25, -0.2) is 4.98 Å². The third-order valence-electron chi connectivity index (χ3n) is 2.07. The molecule has 0 amide bonds. The number of thioether (sulfide) groups is 1. The summed E-state index contributed by atoms with van der Waals surface area (Å²) in [6.07, 6.45) is 4.10. The maximum Gasteiger partial charge on any atom is 0.264 e. The van der Waals surface area contributed by atoms with E-state index in [9.17, 15) is 14.5 Å². The molecule has 0 aliphatic carbocycles. The van der Waals surface area contributed by atoms with Crippen LogP contribution in [0.2, 0.25) is 0 Å². The zero-order valence-corrected chi connectivity index (χ0v) is 9.43. The molecule has 0 radical (unpaired) electrons. The van der Waals surface area contributed by atoms with Gasteiger partial charge in [0.25, 0.3) is 6.20 Å². The Morgan fingerprint density at radius 2 is 2.41 bits per heavy atom. The van der Waals surface area contributed by atoms with Crippen molar-refractivity contribution in [2.45, 2.75) is 6.54 Å². The van der Waals surface area contributed by atoms with Crippen molar-refractivity contribution in [1.29, 1.82) is 0 Å². The molecular weight excluding hydrogens is 245 g/mol. The van der Waals surface area contributed by atoms with Crippen LogP contribution < -0.4 is 0 Å². The van der Waals surface area contributed by atoms with E-state index in [2.05, 4.69) is 4.98 Å². The van der Waals surface area contributed by atoms with Crippen LogP contribution in [0.4, 0.5) is 4.39 Å². The van der Waals surface area contributed by atoms with Crippen molar-refractivity contribution in [3.63, 3.8) is 0 Å². The maximum absolute atomic E-state index is 12.6. The molecule has 0 aromatic carbocycles. The maximum atomic E-state index is 12.6. The molecule has 1 aromatic rings. The molecule has 0 saturated carbocycles. The largest absolute Gasteiger partial charge is 0.332 e. The number of nitrogens with zero attached hydrogens (tertiary/aromatic N) is 3. The lowest BCUT2D eigenvalue weighted by atomic mass is 10.3. The molecule has 5 nitrogen and oxygen atoms in total. The summed E-state index contributed by atoms with van der Waals surface area (Å²) in [4.78, 5) is 15.1. The quantitative estimate of drug-likeness (QED) is 0.470. The average Bonchev–Trinajstić information content (AvgIpc) is 2.68. The minimum atomic E-state index is -0.541. The highest BCUT2D eigenvalue weighted by molar-refractivity contribution is 8.06. The second kappa shape index (κ2) is 4.96. The van der Waals surface area contributed by atoms with Crippen molar-refractivity contribution in [1.82, 2.24) is 9.88 Å². The van der Waals surface area contributed by atoms with Gasteiger partial charge in [-0.2, -0.15) is 4.39 Å². The van der Waals surface area contributed by atoms with Crippen molar-refractivity contribution in [2.24, 2.45) is 0 Å². The minimum absolute atomic E-state index is 0.427. The molecule has 1 aliphatic rings. The van der Waals surface area contributed by atoms with Gasteiger partial charge in [0.05, 0.1) is 4.92 Å². The molecule has 0 fully saturated rings. The lowest BCUT2D eigenvalue weighted by molar-refractivity contribution is -0.403. The summed E-state index contributed by atoms with van der Waals surface area (Å²) in [7, 11) is 0. The van der Waals surface area contributed by atoms with Crippen LogP contribution >= 0.6 is 11.8 Å². The van der Waals surface area contributed by atoms with E-state index in [0.717, 1.165) is 11.8 Å². The molecule has 0 atom stereocenters. The van der Waals surface area contributed by atoms with Crippen LogP contribution in [0.3, 0.4) is 0 Å². The number of halogens is 1. The van der Waals surface area contributed by atoms with Gasteiger partial charge in [-0.1, -0.05) is 17.8 Å². The molecule has 0 saturated heterocycles. The molecular formula is C10H8FN3O2S. The fourth-order valence-corrected chi connectivity index (χ4v) is 2.09. The van der Waals surface area contributed by atoms with Crippen LogP contribution in [-0.2, 0) is 6.54 Å². The normalized spacial score (nSPS) is 16.8. The first-order valence-electron chi connectivity index (χ1n) is 4.71. The topological polar surface area (TPSA) is 59.3 Å². The van der Waals surface area contributed by atoms with Gasteiger partial charge in [-0.3, -0.25) is 10.1 Å². The summed E-state index contributed by atoms with van der Waals surface area (Å²) in [6.45, 7) is 0.427. The molecule has 7 heteroatoms. The number of hydrogen-bond acceptors (Lipinski definition) is 5. The van der Waals surface area contributed by atoms with Crippen LogP contribution in [0.25, 0.3) is 0 Å². The van der Waals surface area contributed by atoms with Gasteiger partial charge < -0.3 is 4.90 Å². The monoisotopic (exact) mass is 253 g/mol. The van der Waals surface area contributed by atoms with Crippen LogP contribution in [0.5, 0.6) is 0 Å². The fourth-order valence-electron chi connectivity index (χ4n) is 1.34. The Bertz CT molecular complexity index is 487. The predicted molar refractivity (Wildman–Crippen MR) is 61.5 cm³/mol. The summed E-state index contributed by atoms with van der Waals surface area (Å²) in [5.41, 5.74) is 0.785. The molecule has 0 bridgehead atoms. The molecule has 0 spiro atoms. The highest BCUT2D eigenvalue weighted by Gasteiger charge is 2.16. The standard InChI is InChI=1S/C10H8FN3O2S/c11-9-2-1-8(5-12-9)6-13-3-4-17-10(13)7-14(15)16/h1-5,7H,6H2. The number of hydrogen-bond donors (Lipinski definition) is 0. The van der Waals surface area contributed by atoms with Crippen molar-refractivity contribution in [3.8, 4) is 0 Å². The van der Waals surface area contributed by atoms with E-state index in [-0.39, 0.29) is 0 Å². The number of rotatable bonds is 3. The number of nitro groups is 1. The third-order valence-corrected chi connectivity index (χ3v) is 2.91. The molecule has 0 unspecified atom stereocenters. The molecule has 88 valence electrons. The van der Waals surface area contributed by atoms with Gasteiger partial charge in [-0.05, 0) is 17.0 Å². The van der Waals surface area contributed by atoms with Gasteiger partial charge in [0.15, 0.2) is 5.03 Å². The molecule has 2 rings (SSSR count). The number of aromatic nitrogens is 1. The minimum Gasteiger partial charge on any atom is -0.332 e. The van der Waals surface area contributed by atoms with E-state index in [0.29, 0.717) is 11.6 Å². The van der Waals surface area contributed by atoms with E-state index < -0.39 is 10.9 Å². The predicted octanol–water partition coefficient (Wildman–Crippen LogP) is 2.32. The summed E-state index contributed by atoms with van der Waals surface area (Å²) >= 11 is 1.27. The summed E-state index contributed by atoms with van der Waals surface area (Å²) in [6, 6.07) is 2.86. The van der Waals surface area contributed by atoms with E-state index in [1.807, 2.05) is 0 Å². The van der Waals surface area contributed by atoms with E-state index in [1.165, 1.54) is 24.0 Å². The molecule has 0 N–H and O–H groups in total. The third kappa shape index (κ3) is 3.04. The van der Waals surface area contributed by atoms with Crippen molar-refractivity contribution in [2.75, 3.05) is 0 Å². The second-order valence-electron chi connectivity index (χ2n) is 3.27. The van der Waals surface area contributed by atoms with Gasteiger partial charge in [0.1, 0.15) is 0 Å². The van der Waals surface area contributed by atoms with Crippen LogP contribution in [-0.4, -0.2) is 14.8 Å². The van der Waals surface area contributed by atoms with E-state index >= 15 is 0 Å². The summed E-state index contributed by atoms with van der Waals surface area (Å²) in [5.74, 6) is -0.541. The van der Waals surface area contributed by atoms with Crippen molar-refractivity contribution >= 4 is 11.8 Å². The Labute approximate surface area is 101 Å². The summed E-state index contributed by atoms with van der Waals surface area (Å²) < 4.78 is 12.6. The SMILES string of the molecule is O=[N+]([O-])C=C1SC=CN1Cc1ccc(F)nc1. The van der Waals surface area contributed by atoms with Gasteiger partial charge in [0.2, 0.25) is 5.95 Å². The zero-order chi connectivity index (χ0) is 12.3. The Kier molecular flexibility index (Phi) is 3.38. The van der Waals surface area contributed by atoms with Gasteiger partial charge >= 0.3 is 0 Å². The Morgan fingerprint density at radius 1 is 1.59 bits per heavy atom. The summed E-state index contributed by atoms with van der Waals surface area (Å²) in [5, 5.41) is 12.7. The highest BCUT2D eigenvalue weighted by Crippen LogP contribution is 2.30.